The molecule has 0 aliphatic carbocycles. The van der Waals surface area contributed by atoms with E-state index in [4.69, 9.17) is 4.74 Å². The first-order chi connectivity index (χ1) is 9.56. The van der Waals surface area contributed by atoms with Crippen LogP contribution in [-0.4, -0.2) is 49.0 Å². The van der Waals surface area contributed by atoms with Crippen LogP contribution in [0.4, 0.5) is 0 Å². The third-order valence-corrected chi connectivity index (χ3v) is 3.97. The maximum Gasteiger partial charge on any atom is 0.269 e. The predicted octanol–water partition coefficient (Wildman–Crippen LogP) is 0.475. The Bertz CT molecular complexity index is 458. The lowest BCUT2D eigenvalue weighted by Crippen LogP contribution is -2.47. The number of nitrogens with zero attached hydrogens (tertiary/aromatic N) is 2. The molecule has 1 fully saturated rings. The fraction of sp³-hybridized carbons (Fsp3) is 0.714. The van der Waals surface area contributed by atoms with Crippen molar-refractivity contribution < 1.29 is 9.53 Å². The molecule has 6 heteroatoms. The Morgan fingerprint density at radius 2 is 2.25 bits per heavy atom. The summed E-state index contributed by atoms with van der Waals surface area (Å²) in [6.07, 6.45) is 2.04. The first-order valence-electron chi connectivity index (χ1n) is 7.05. The Hall–Kier alpha value is -1.40. The smallest absolute Gasteiger partial charge is 0.269 e. The van der Waals surface area contributed by atoms with E-state index in [2.05, 4.69) is 15.7 Å². The van der Waals surface area contributed by atoms with Crippen molar-refractivity contribution in [3.63, 3.8) is 0 Å². The molecular weight excluding hydrogens is 256 g/mol. The topological polar surface area (TPSA) is 68.2 Å². The molecule has 0 aromatic carbocycles. The number of piperidine rings is 1. The summed E-state index contributed by atoms with van der Waals surface area (Å²) < 4.78 is 6.98. The van der Waals surface area contributed by atoms with Crippen LogP contribution in [0.2, 0.25) is 0 Å². The predicted molar refractivity (Wildman–Crippen MR) is 76.7 cm³/mol. The molecule has 0 radical (unpaired) electrons. The molecular formula is C14H24N4O2. The summed E-state index contributed by atoms with van der Waals surface area (Å²) in [5.74, 6) is -0.0675. The largest absolute Gasteiger partial charge is 0.384 e. The molecule has 1 aromatic heterocycles. The van der Waals surface area contributed by atoms with Gasteiger partial charge in [0.2, 0.25) is 0 Å². The van der Waals surface area contributed by atoms with Crippen LogP contribution >= 0.6 is 0 Å². The number of carbonyl (C=O) groups excluding carboxylic acids is 1. The number of aromatic nitrogens is 2. The molecule has 2 N–H and O–H groups in total. The summed E-state index contributed by atoms with van der Waals surface area (Å²) in [4.78, 5) is 12.2. The number of amides is 1. The van der Waals surface area contributed by atoms with Gasteiger partial charge in [0.1, 0.15) is 5.69 Å². The minimum atomic E-state index is -0.0675. The van der Waals surface area contributed by atoms with Crippen LogP contribution in [0.3, 0.4) is 0 Å². The van der Waals surface area contributed by atoms with Gasteiger partial charge in [0.05, 0.1) is 12.3 Å². The second-order valence-corrected chi connectivity index (χ2v) is 5.66. The number of hydrogen-bond donors (Lipinski definition) is 2. The summed E-state index contributed by atoms with van der Waals surface area (Å²) >= 11 is 0. The highest BCUT2D eigenvalue weighted by Crippen LogP contribution is 2.28. The molecule has 112 valence electrons. The van der Waals surface area contributed by atoms with E-state index in [1.54, 1.807) is 24.9 Å². The SMILES string of the molecule is COCC1(CNC(=O)c2cc(C)nn2C)CCNCC1. The minimum Gasteiger partial charge on any atom is -0.384 e. The van der Waals surface area contributed by atoms with Gasteiger partial charge in [-0.3, -0.25) is 9.48 Å². The summed E-state index contributed by atoms with van der Waals surface area (Å²) in [5.41, 5.74) is 1.50. The van der Waals surface area contributed by atoms with Gasteiger partial charge < -0.3 is 15.4 Å². The summed E-state index contributed by atoms with van der Waals surface area (Å²) in [6, 6.07) is 1.81. The molecule has 1 saturated heterocycles. The standard InChI is InChI=1S/C14H24N4O2/c1-11-8-12(18(2)17-11)13(19)16-9-14(10-20-3)4-6-15-7-5-14/h8,15H,4-7,9-10H2,1-3H3,(H,16,19). The maximum atomic E-state index is 12.2. The van der Waals surface area contributed by atoms with Crippen molar-refractivity contribution in [2.75, 3.05) is 33.4 Å². The minimum absolute atomic E-state index is 0.0449. The van der Waals surface area contributed by atoms with Crippen molar-refractivity contribution in [3.8, 4) is 0 Å². The van der Waals surface area contributed by atoms with Crippen LogP contribution in [0.15, 0.2) is 6.07 Å². The van der Waals surface area contributed by atoms with Gasteiger partial charge in [0.25, 0.3) is 5.91 Å². The fourth-order valence-corrected chi connectivity index (χ4v) is 2.82. The van der Waals surface area contributed by atoms with Crippen LogP contribution in [0.25, 0.3) is 0 Å². The van der Waals surface area contributed by atoms with Gasteiger partial charge in [-0.15, -0.1) is 0 Å². The van der Waals surface area contributed by atoms with Crippen LogP contribution in [0.1, 0.15) is 29.0 Å². The van der Waals surface area contributed by atoms with Gasteiger partial charge in [-0.2, -0.15) is 5.10 Å². The van der Waals surface area contributed by atoms with E-state index in [1.165, 1.54) is 0 Å². The van der Waals surface area contributed by atoms with E-state index >= 15 is 0 Å². The Morgan fingerprint density at radius 1 is 1.55 bits per heavy atom. The molecule has 1 aliphatic heterocycles. The molecule has 0 spiro atoms. The Balaban J connectivity index is 1.98. The van der Waals surface area contributed by atoms with Crippen LogP contribution in [0, 0.1) is 12.3 Å². The Labute approximate surface area is 119 Å². The Morgan fingerprint density at radius 3 is 2.80 bits per heavy atom. The molecule has 1 aromatic rings. The highest BCUT2D eigenvalue weighted by atomic mass is 16.5. The van der Waals surface area contributed by atoms with Crippen molar-refractivity contribution in [1.29, 1.82) is 0 Å². The zero-order valence-corrected chi connectivity index (χ0v) is 12.5. The quantitative estimate of drug-likeness (QED) is 0.823. The monoisotopic (exact) mass is 280 g/mol. The zero-order valence-electron chi connectivity index (χ0n) is 12.5. The van der Waals surface area contributed by atoms with Gasteiger partial charge in [-0.1, -0.05) is 0 Å². The second kappa shape index (κ2) is 6.37. The van der Waals surface area contributed by atoms with E-state index < -0.39 is 0 Å². The molecule has 2 heterocycles. The highest BCUT2D eigenvalue weighted by Gasteiger charge is 2.32. The molecule has 1 amide bonds. The zero-order chi connectivity index (χ0) is 14.6. The fourth-order valence-electron chi connectivity index (χ4n) is 2.82. The van der Waals surface area contributed by atoms with Crippen LogP contribution in [0.5, 0.6) is 0 Å². The van der Waals surface area contributed by atoms with Crippen molar-refractivity contribution in [1.82, 2.24) is 20.4 Å². The normalized spacial score (nSPS) is 17.9. The number of methoxy groups -OCH3 is 1. The lowest BCUT2D eigenvalue weighted by atomic mass is 9.79. The summed E-state index contributed by atoms with van der Waals surface area (Å²) in [5, 5.41) is 10.6. The molecule has 0 atom stereocenters. The molecule has 20 heavy (non-hydrogen) atoms. The number of rotatable bonds is 5. The number of carbonyl (C=O) groups is 1. The number of hydrogen-bond acceptors (Lipinski definition) is 4. The lowest BCUT2D eigenvalue weighted by molar-refractivity contribution is 0.0510. The van der Waals surface area contributed by atoms with Gasteiger partial charge in [-0.05, 0) is 38.9 Å². The highest BCUT2D eigenvalue weighted by molar-refractivity contribution is 5.92. The lowest BCUT2D eigenvalue weighted by Gasteiger charge is -2.37. The average molecular weight is 280 g/mol. The number of ether oxygens (including phenoxy) is 1. The number of aryl methyl sites for hydroxylation is 2. The first-order valence-corrected chi connectivity index (χ1v) is 7.05. The molecule has 0 bridgehead atoms. The van der Waals surface area contributed by atoms with E-state index in [-0.39, 0.29) is 11.3 Å². The average Bonchev–Trinajstić information content (AvgIpc) is 2.77. The summed E-state index contributed by atoms with van der Waals surface area (Å²) in [6.45, 7) is 5.16. The second-order valence-electron chi connectivity index (χ2n) is 5.66. The molecule has 6 nitrogen and oxygen atoms in total. The maximum absolute atomic E-state index is 12.2. The number of nitrogens with one attached hydrogen (secondary N) is 2. The van der Waals surface area contributed by atoms with Crippen molar-refractivity contribution >= 4 is 5.91 Å². The third kappa shape index (κ3) is 3.37. The van der Waals surface area contributed by atoms with E-state index in [9.17, 15) is 4.79 Å². The van der Waals surface area contributed by atoms with Gasteiger partial charge in [-0.25, -0.2) is 0 Å². The molecule has 2 rings (SSSR count). The molecule has 0 unspecified atom stereocenters. The van der Waals surface area contributed by atoms with Crippen molar-refractivity contribution in [2.24, 2.45) is 12.5 Å². The van der Waals surface area contributed by atoms with Gasteiger partial charge in [0.15, 0.2) is 0 Å². The summed E-state index contributed by atoms with van der Waals surface area (Å²) in [7, 11) is 3.51. The van der Waals surface area contributed by atoms with E-state index in [0.717, 1.165) is 31.6 Å². The van der Waals surface area contributed by atoms with Crippen molar-refractivity contribution in [3.05, 3.63) is 17.5 Å². The first kappa shape index (κ1) is 15.0. The van der Waals surface area contributed by atoms with Crippen molar-refractivity contribution in [2.45, 2.75) is 19.8 Å². The Kier molecular flexibility index (Phi) is 4.77. The third-order valence-electron chi connectivity index (χ3n) is 3.97. The van der Waals surface area contributed by atoms with Crippen LogP contribution in [-0.2, 0) is 11.8 Å². The van der Waals surface area contributed by atoms with Gasteiger partial charge in [0, 0.05) is 26.1 Å². The van der Waals surface area contributed by atoms with E-state index in [1.807, 2.05) is 6.92 Å². The molecule has 0 saturated carbocycles. The molecule has 1 aliphatic rings. The van der Waals surface area contributed by atoms with E-state index in [0.29, 0.717) is 18.8 Å². The van der Waals surface area contributed by atoms with Gasteiger partial charge >= 0.3 is 0 Å². The van der Waals surface area contributed by atoms with Crippen LogP contribution < -0.4 is 10.6 Å².